The van der Waals surface area contributed by atoms with E-state index < -0.39 is 9.84 Å². The summed E-state index contributed by atoms with van der Waals surface area (Å²) in [7, 11) is -2.87. The molecule has 2 fully saturated rings. The second kappa shape index (κ2) is 6.39. The van der Waals surface area contributed by atoms with Crippen molar-refractivity contribution in [2.75, 3.05) is 37.7 Å². The first-order chi connectivity index (χ1) is 12.3. The first kappa shape index (κ1) is 17.5. The molecule has 3 heterocycles. The summed E-state index contributed by atoms with van der Waals surface area (Å²) in [4.78, 5) is 20.3. The first-order valence-electron chi connectivity index (χ1n) is 9.17. The molecule has 0 radical (unpaired) electrons. The molecule has 1 atom stereocenters. The van der Waals surface area contributed by atoms with E-state index in [0.29, 0.717) is 18.8 Å². The molecule has 0 aliphatic carbocycles. The highest BCUT2D eigenvalue weighted by molar-refractivity contribution is 7.91. The minimum absolute atomic E-state index is 0.0591. The Morgan fingerprint density at radius 1 is 1.15 bits per heavy atom. The molecule has 26 heavy (non-hydrogen) atoms. The number of hydrogen-bond acceptors (Lipinski definition) is 4. The fraction of sp³-hybridized carbons (Fsp3) is 0.526. The van der Waals surface area contributed by atoms with Crippen molar-refractivity contribution in [2.24, 2.45) is 0 Å². The number of nitrogens with zero attached hydrogens (tertiary/aromatic N) is 2. The Kier molecular flexibility index (Phi) is 4.31. The normalized spacial score (nSPS) is 23.6. The molecule has 2 aliphatic heterocycles. The van der Waals surface area contributed by atoms with Crippen molar-refractivity contribution in [1.29, 1.82) is 0 Å². The maximum atomic E-state index is 12.9. The van der Waals surface area contributed by atoms with Crippen molar-refractivity contribution in [1.82, 2.24) is 14.8 Å². The van der Waals surface area contributed by atoms with Crippen LogP contribution in [0.3, 0.4) is 0 Å². The summed E-state index contributed by atoms with van der Waals surface area (Å²) < 4.78 is 23.4. The summed E-state index contributed by atoms with van der Waals surface area (Å²) in [6.45, 7) is 6.90. The second-order valence-corrected chi connectivity index (χ2v) is 9.75. The Bertz CT molecular complexity index is 956. The van der Waals surface area contributed by atoms with Gasteiger partial charge < -0.3 is 9.88 Å². The molecule has 0 spiro atoms. The van der Waals surface area contributed by atoms with E-state index in [9.17, 15) is 13.2 Å². The lowest BCUT2D eigenvalue weighted by Gasteiger charge is -2.37. The van der Waals surface area contributed by atoms with Gasteiger partial charge in [-0.15, -0.1) is 0 Å². The van der Waals surface area contributed by atoms with Crippen LogP contribution in [0.4, 0.5) is 0 Å². The number of sulfone groups is 1. The molecule has 4 rings (SSSR count). The number of amides is 1. The third-order valence-electron chi connectivity index (χ3n) is 5.88. The number of H-pyrrole nitrogens is 1. The molecule has 1 N–H and O–H groups in total. The number of rotatable bonds is 2. The monoisotopic (exact) mass is 375 g/mol. The van der Waals surface area contributed by atoms with Gasteiger partial charge in [-0.05, 0) is 44.0 Å². The summed E-state index contributed by atoms with van der Waals surface area (Å²) in [5.41, 5.74) is 4.09. The number of nitrogens with one attached hydrogen (secondary N) is 1. The van der Waals surface area contributed by atoms with Crippen LogP contribution in [0.5, 0.6) is 0 Å². The highest BCUT2D eigenvalue weighted by Gasteiger charge is 2.34. The number of aromatic amines is 1. The van der Waals surface area contributed by atoms with Crippen LogP contribution >= 0.6 is 0 Å². The van der Waals surface area contributed by atoms with E-state index in [0.717, 1.165) is 41.7 Å². The van der Waals surface area contributed by atoms with Gasteiger partial charge in [0, 0.05) is 54.4 Å². The highest BCUT2D eigenvalue weighted by Crippen LogP contribution is 2.24. The number of piperazine rings is 1. The Morgan fingerprint density at radius 2 is 1.88 bits per heavy atom. The van der Waals surface area contributed by atoms with Gasteiger partial charge in [0.25, 0.3) is 5.91 Å². The van der Waals surface area contributed by atoms with Crippen molar-refractivity contribution in [2.45, 2.75) is 26.3 Å². The zero-order valence-corrected chi connectivity index (χ0v) is 16.1. The molecule has 2 aromatic rings. The van der Waals surface area contributed by atoms with Crippen LogP contribution in [0, 0.1) is 13.8 Å². The number of carbonyl (C=O) groups excluding carboxylic acids is 1. The molecule has 6 nitrogen and oxygen atoms in total. The standard InChI is InChI=1S/C19H25N3O3S/c1-13-14(2)20-18-4-3-15(11-17(13)18)19(23)22-8-6-21(7-9-22)16-5-10-26(24,25)12-16/h3-4,11,16,20H,5-10,12H2,1-2H3. The van der Waals surface area contributed by atoms with Crippen LogP contribution in [0.15, 0.2) is 18.2 Å². The molecule has 1 amide bonds. The number of benzene rings is 1. The van der Waals surface area contributed by atoms with E-state index in [-0.39, 0.29) is 17.7 Å². The van der Waals surface area contributed by atoms with E-state index in [2.05, 4.69) is 16.8 Å². The predicted octanol–water partition coefficient (Wildman–Crippen LogP) is 1.73. The van der Waals surface area contributed by atoms with Gasteiger partial charge in [0.15, 0.2) is 9.84 Å². The fourth-order valence-corrected chi connectivity index (χ4v) is 5.89. The molecule has 7 heteroatoms. The van der Waals surface area contributed by atoms with Gasteiger partial charge in [-0.3, -0.25) is 9.69 Å². The van der Waals surface area contributed by atoms with Gasteiger partial charge in [0.1, 0.15) is 0 Å². The van der Waals surface area contributed by atoms with E-state index in [4.69, 9.17) is 0 Å². The highest BCUT2D eigenvalue weighted by atomic mass is 32.2. The molecule has 1 unspecified atom stereocenters. The van der Waals surface area contributed by atoms with Crippen LogP contribution in [-0.4, -0.2) is 72.8 Å². The second-order valence-electron chi connectivity index (χ2n) is 7.52. The summed E-state index contributed by atoms with van der Waals surface area (Å²) in [5, 5.41) is 1.10. The number of fused-ring (bicyclic) bond motifs is 1. The van der Waals surface area contributed by atoms with Crippen LogP contribution < -0.4 is 0 Å². The van der Waals surface area contributed by atoms with E-state index in [1.165, 1.54) is 5.56 Å². The molecule has 0 saturated carbocycles. The largest absolute Gasteiger partial charge is 0.358 e. The van der Waals surface area contributed by atoms with Crippen molar-refractivity contribution in [3.8, 4) is 0 Å². The molecule has 2 saturated heterocycles. The van der Waals surface area contributed by atoms with Crippen LogP contribution in [-0.2, 0) is 9.84 Å². The smallest absolute Gasteiger partial charge is 0.253 e. The zero-order chi connectivity index (χ0) is 18.5. The Morgan fingerprint density at radius 3 is 2.54 bits per heavy atom. The van der Waals surface area contributed by atoms with Crippen LogP contribution in [0.25, 0.3) is 10.9 Å². The molecule has 0 bridgehead atoms. The number of hydrogen-bond donors (Lipinski definition) is 1. The lowest BCUT2D eigenvalue weighted by Crippen LogP contribution is -2.52. The minimum Gasteiger partial charge on any atom is -0.358 e. The van der Waals surface area contributed by atoms with Gasteiger partial charge in [0.05, 0.1) is 11.5 Å². The summed E-state index contributed by atoms with van der Waals surface area (Å²) in [6.07, 6.45) is 0.721. The lowest BCUT2D eigenvalue weighted by atomic mass is 10.1. The van der Waals surface area contributed by atoms with Crippen molar-refractivity contribution < 1.29 is 13.2 Å². The first-order valence-corrected chi connectivity index (χ1v) is 11.0. The van der Waals surface area contributed by atoms with Crippen molar-refractivity contribution in [3.63, 3.8) is 0 Å². The lowest BCUT2D eigenvalue weighted by molar-refractivity contribution is 0.0588. The van der Waals surface area contributed by atoms with Gasteiger partial charge in [-0.25, -0.2) is 8.42 Å². The Hall–Kier alpha value is -1.86. The minimum atomic E-state index is -2.87. The average molecular weight is 375 g/mol. The van der Waals surface area contributed by atoms with E-state index >= 15 is 0 Å². The van der Waals surface area contributed by atoms with Gasteiger partial charge >= 0.3 is 0 Å². The zero-order valence-electron chi connectivity index (χ0n) is 15.3. The third kappa shape index (κ3) is 3.14. The maximum absolute atomic E-state index is 12.9. The number of aryl methyl sites for hydroxylation is 2. The average Bonchev–Trinajstić information content (AvgIpc) is 3.13. The van der Waals surface area contributed by atoms with Gasteiger partial charge in [-0.2, -0.15) is 0 Å². The molecule has 140 valence electrons. The molecule has 2 aliphatic rings. The predicted molar refractivity (Wildman–Crippen MR) is 102 cm³/mol. The molecular weight excluding hydrogens is 350 g/mol. The Balaban J connectivity index is 1.44. The van der Waals surface area contributed by atoms with Crippen LogP contribution in [0.2, 0.25) is 0 Å². The van der Waals surface area contributed by atoms with Crippen molar-refractivity contribution >= 4 is 26.6 Å². The number of carbonyl (C=O) groups is 1. The fourth-order valence-electron chi connectivity index (χ4n) is 4.13. The summed E-state index contributed by atoms with van der Waals surface area (Å²) in [5.74, 6) is 0.625. The SMILES string of the molecule is Cc1[nH]c2ccc(C(=O)N3CCN(C4CCS(=O)(=O)C4)CC3)cc2c1C. The Labute approximate surface area is 154 Å². The molecule has 1 aromatic carbocycles. The van der Waals surface area contributed by atoms with Crippen molar-refractivity contribution in [3.05, 3.63) is 35.0 Å². The topological polar surface area (TPSA) is 73.5 Å². The van der Waals surface area contributed by atoms with Crippen LogP contribution in [0.1, 0.15) is 28.0 Å². The third-order valence-corrected chi connectivity index (χ3v) is 7.63. The van der Waals surface area contributed by atoms with E-state index in [1.54, 1.807) is 0 Å². The maximum Gasteiger partial charge on any atom is 0.253 e. The van der Waals surface area contributed by atoms with Gasteiger partial charge in [0.2, 0.25) is 0 Å². The van der Waals surface area contributed by atoms with E-state index in [1.807, 2.05) is 30.0 Å². The number of aromatic nitrogens is 1. The quantitative estimate of drug-likeness (QED) is 0.868. The summed E-state index contributed by atoms with van der Waals surface area (Å²) >= 11 is 0. The van der Waals surface area contributed by atoms with Gasteiger partial charge in [-0.1, -0.05) is 0 Å². The summed E-state index contributed by atoms with van der Waals surface area (Å²) in [6, 6.07) is 5.96. The molecular formula is C19H25N3O3S. The molecule has 1 aromatic heterocycles.